The summed E-state index contributed by atoms with van der Waals surface area (Å²) in [5.74, 6) is 0. The molecule has 1 N–H and O–H groups in total. The van der Waals surface area contributed by atoms with Gasteiger partial charge in [0, 0.05) is 10.9 Å². The van der Waals surface area contributed by atoms with Crippen LogP contribution in [-0.2, 0) is 6.18 Å². The molecule has 1 heterocycles. The average molecular weight is 292 g/mol. The lowest BCUT2D eigenvalue weighted by Gasteiger charge is -2.12. The Balaban J connectivity index is 1.97. The van der Waals surface area contributed by atoms with Gasteiger partial charge in [0.2, 0.25) is 0 Å². The number of benzene rings is 2. The number of hydrogen-bond donors (Lipinski definition) is 1. The predicted octanol–water partition coefficient (Wildman–Crippen LogP) is 4.53. The highest BCUT2D eigenvalue weighted by Crippen LogP contribution is 2.33. The van der Waals surface area contributed by atoms with Crippen molar-refractivity contribution in [1.29, 1.82) is 0 Å². The summed E-state index contributed by atoms with van der Waals surface area (Å²) in [4.78, 5) is 0. The van der Waals surface area contributed by atoms with Gasteiger partial charge >= 0.3 is 6.18 Å². The maximum atomic E-state index is 12.5. The minimum Gasteiger partial charge on any atom is -0.464 e. The molecular formula is C16H11F3O2. The first kappa shape index (κ1) is 13.7. The number of alkyl halides is 3. The van der Waals surface area contributed by atoms with E-state index in [1.54, 1.807) is 24.3 Å². The van der Waals surface area contributed by atoms with Crippen LogP contribution >= 0.6 is 0 Å². The van der Waals surface area contributed by atoms with Crippen molar-refractivity contribution >= 4 is 11.0 Å². The van der Waals surface area contributed by atoms with Crippen molar-refractivity contribution in [3.63, 3.8) is 0 Å². The Morgan fingerprint density at radius 1 is 0.952 bits per heavy atom. The lowest BCUT2D eigenvalue weighted by molar-refractivity contribution is -0.137. The zero-order valence-corrected chi connectivity index (χ0v) is 10.8. The highest BCUT2D eigenvalue weighted by molar-refractivity contribution is 5.81. The van der Waals surface area contributed by atoms with Crippen LogP contribution in [0.2, 0.25) is 0 Å². The second-order valence-corrected chi connectivity index (χ2v) is 4.71. The molecule has 0 radical (unpaired) electrons. The summed E-state index contributed by atoms with van der Waals surface area (Å²) in [6.45, 7) is 0. The van der Waals surface area contributed by atoms with Crippen LogP contribution in [-0.4, -0.2) is 5.11 Å². The van der Waals surface area contributed by atoms with Crippen molar-refractivity contribution in [3.05, 3.63) is 71.5 Å². The van der Waals surface area contributed by atoms with Crippen LogP contribution in [0, 0.1) is 0 Å². The molecule has 3 aromatic rings. The lowest BCUT2D eigenvalue weighted by atomic mass is 10.00. The van der Waals surface area contributed by atoms with Crippen LogP contribution < -0.4 is 0 Å². The Labute approximate surface area is 118 Å². The zero-order valence-electron chi connectivity index (χ0n) is 10.8. The van der Waals surface area contributed by atoms with Crippen molar-refractivity contribution in [2.45, 2.75) is 12.3 Å². The summed E-state index contributed by atoms with van der Waals surface area (Å²) in [5, 5.41) is 11.1. The third-order valence-electron chi connectivity index (χ3n) is 3.36. The predicted molar refractivity (Wildman–Crippen MR) is 71.7 cm³/mol. The van der Waals surface area contributed by atoms with E-state index in [0.717, 1.165) is 17.5 Å². The van der Waals surface area contributed by atoms with Crippen LogP contribution in [0.3, 0.4) is 0 Å². The number of rotatable bonds is 2. The minimum absolute atomic E-state index is 0.384. The average Bonchev–Trinajstić information content (AvgIpc) is 2.90. The molecule has 0 fully saturated rings. The highest BCUT2D eigenvalue weighted by atomic mass is 19.4. The quantitative estimate of drug-likeness (QED) is 0.752. The van der Waals surface area contributed by atoms with E-state index in [1.165, 1.54) is 18.4 Å². The number of furan rings is 1. The molecule has 0 aliphatic rings. The maximum absolute atomic E-state index is 12.5. The third kappa shape index (κ3) is 2.52. The van der Waals surface area contributed by atoms with Gasteiger partial charge in [-0.05, 0) is 23.8 Å². The smallest absolute Gasteiger partial charge is 0.416 e. The second-order valence-electron chi connectivity index (χ2n) is 4.71. The van der Waals surface area contributed by atoms with Crippen molar-refractivity contribution in [2.75, 3.05) is 0 Å². The number of fused-ring (bicyclic) bond motifs is 1. The Morgan fingerprint density at radius 3 is 2.29 bits per heavy atom. The van der Waals surface area contributed by atoms with Crippen molar-refractivity contribution < 1.29 is 22.7 Å². The standard InChI is InChI=1S/C16H11F3O2/c17-16(18,19)11-7-5-10(6-8-11)15(20)13-9-21-14-4-2-1-3-12(13)14/h1-9,15,20H. The first-order valence-electron chi connectivity index (χ1n) is 6.28. The molecule has 2 nitrogen and oxygen atoms in total. The van der Waals surface area contributed by atoms with Gasteiger partial charge in [-0.1, -0.05) is 30.3 Å². The SMILES string of the molecule is OC(c1ccc(C(F)(F)F)cc1)c1coc2ccccc12. The molecule has 0 amide bonds. The minimum atomic E-state index is -4.38. The third-order valence-corrected chi connectivity index (χ3v) is 3.36. The topological polar surface area (TPSA) is 33.4 Å². The Kier molecular flexibility index (Phi) is 3.22. The Hall–Kier alpha value is -2.27. The number of hydrogen-bond acceptors (Lipinski definition) is 2. The van der Waals surface area contributed by atoms with Crippen LogP contribution in [0.5, 0.6) is 0 Å². The summed E-state index contributed by atoms with van der Waals surface area (Å²) < 4.78 is 42.9. The van der Waals surface area contributed by atoms with Crippen LogP contribution in [0.4, 0.5) is 13.2 Å². The molecule has 0 bridgehead atoms. The number of para-hydroxylation sites is 1. The van der Waals surface area contributed by atoms with Gasteiger partial charge in [0.15, 0.2) is 0 Å². The molecule has 2 aromatic carbocycles. The molecule has 21 heavy (non-hydrogen) atoms. The molecule has 0 saturated carbocycles. The summed E-state index contributed by atoms with van der Waals surface area (Å²) in [6.07, 6.45) is -3.99. The molecule has 0 saturated heterocycles. The largest absolute Gasteiger partial charge is 0.464 e. The molecule has 0 aliphatic heterocycles. The van der Waals surface area contributed by atoms with Gasteiger partial charge in [-0.3, -0.25) is 0 Å². The first-order valence-corrected chi connectivity index (χ1v) is 6.28. The number of halogens is 3. The summed E-state index contributed by atoms with van der Waals surface area (Å²) >= 11 is 0. The van der Waals surface area contributed by atoms with Gasteiger partial charge < -0.3 is 9.52 Å². The van der Waals surface area contributed by atoms with Gasteiger partial charge in [0.1, 0.15) is 11.7 Å². The fourth-order valence-corrected chi connectivity index (χ4v) is 2.24. The molecular weight excluding hydrogens is 281 g/mol. The van der Waals surface area contributed by atoms with Gasteiger partial charge in [0.25, 0.3) is 0 Å². The molecule has 1 aromatic heterocycles. The number of aliphatic hydroxyl groups excluding tert-OH is 1. The van der Waals surface area contributed by atoms with Gasteiger partial charge in [-0.25, -0.2) is 0 Å². The second kappa shape index (κ2) is 4.93. The summed E-state index contributed by atoms with van der Waals surface area (Å²) in [6, 6.07) is 11.6. The van der Waals surface area contributed by atoms with E-state index in [-0.39, 0.29) is 0 Å². The molecule has 3 rings (SSSR count). The van der Waals surface area contributed by atoms with Crippen molar-refractivity contribution in [1.82, 2.24) is 0 Å². The van der Waals surface area contributed by atoms with Gasteiger partial charge in [-0.15, -0.1) is 0 Å². The van der Waals surface area contributed by atoms with E-state index in [4.69, 9.17) is 4.42 Å². The van der Waals surface area contributed by atoms with Gasteiger partial charge in [0.05, 0.1) is 11.8 Å². The van der Waals surface area contributed by atoms with E-state index < -0.39 is 17.8 Å². The van der Waals surface area contributed by atoms with Crippen LogP contribution in [0.1, 0.15) is 22.8 Å². The molecule has 5 heteroatoms. The summed E-state index contributed by atoms with van der Waals surface area (Å²) in [7, 11) is 0. The Morgan fingerprint density at radius 2 is 1.62 bits per heavy atom. The molecule has 0 aliphatic carbocycles. The molecule has 108 valence electrons. The number of aliphatic hydroxyl groups is 1. The zero-order chi connectivity index (χ0) is 15.0. The van der Waals surface area contributed by atoms with E-state index in [0.29, 0.717) is 16.7 Å². The van der Waals surface area contributed by atoms with E-state index in [2.05, 4.69) is 0 Å². The summed E-state index contributed by atoms with van der Waals surface area (Å²) in [5.41, 5.74) is 0.800. The van der Waals surface area contributed by atoms with E-state index in [9.17, 15) is 18.3 Å². The van der Waals surface area contributed by atoms with E-state index >= 15 is 0 Å². The van der Waals surface area contributed by atoms with Crippen LogP contribution in [0.15, 0.2) is 59.2 Å². The highest BCUT2D eigenvalue weighted by Gasteiger charge is 2.30. The van der Waals surface area contributed by atoms with Crippen LogP contribution in [0.25, 0.3) is 11.0 Å². The fraction of sp³-hybridized carbons (Fsp3) is 0.125. The maximum Gasteiger partial charge on any atom is 0.416 e. The van der Waals surface area contributed by atoms with Crippen molar-refractivity contribution in [2.24, 2.45) is 0 Å². The van der Waals surface area contributed by atoms with Crippen molar-refractivity contribution in [3.8, 4) is 0 Å². The monoisotopic (exact) mass is 292 g/mol. The first-order chi connectivity index (χ1) is 9.97. The molecule has 1 atom stereocenters. The van der Waals surface area contributed by atoms with Gasteiger partial charge in [-0.2, -0.15) is 13.2 Å². The molecule has 0 spiro atoms. The molecule has 1 unspecified atom stereocenters. The normalized spacial score (nSPS) is 13.5. The fourth-order valence-electron chi connectivity index (χ4n) is 2.24. The van der Waals surface area contributed by atoms with E-state index in [1.807, 2.05) is 0 Å². The lowest BCUT2D eigenvalue weighted by Crippen LogP contribution is -2.05. The Bertz CT molecular complexity index is 757.